The zero-order valence-corrected chi connectivity index (χ0v) is 18.2. The Morgan fingerprint density at radius 3 is 2.42 bits per heavy atom. The molecular formula is C27H23N3O3. The number of carbonyl (C=O) groups excluding carboxylic acids is 1. The van der Waals surface area contributed by atoms with E-state index in [1.54, 1.807) is 7.11 Å². The second kappa shape index (κ2) is 9.04. The van der Waals surface area contributed by atoms with Crippen LogP contribution in [0, 0.1) is 0 Å². The topological polar surface area (TPSA) is 65.4 Å². The summed E-state index contributed by atoms with van der Waals surface area (Å²) >= 11 is 0. The third-order valence-electron chi connectivity index (χ3n) is 5.50. The minimum Gasteiger partial charge on any atom is -0.497 e. The molecule has 0 bridgehead atoms. The number of hydrogen-bond donors (Lipinski definition) is 1. The summed E-state index contributed by atoms with van der Waals surface area (Å²) in [4.78, 5) is 17.5. The Kier molecular flexibility index (Phi) is 5.64. The number of para-hydroxylation sites is 2. The van der Waals surface area contributed by atoms with Crippen LogP contribution in [0.1, 0.15) is 5.82 Å². The van der Waals surface area contributed by atoms with E-state index in [1.807, 2.05) is 83.4 Å². The first kappa shape index (κ1) is 20.6. The average Bonchev–Trinajstić information content (AvgIpc) is 3.20. The Hall–Kier alpha value is -4.32. The van der Waals surface area contributed by atoms with Gasteiger partial charge in [0.2, 0.25) is 5.91 Å². The van der Waals surface area contributed by atoms with Crippen LogP contribution in [0.5, 0.6) is 11.5 Å². The number of nitrogens with zero attached hydrogens (tertiary/aromatic N) is 2. The summed E-state index contributed by atoms with van der Waals surface area (Å²) in [6.45, 7) is 0.381. The number of rotatable bonds is 7. The molecule has 5 rings (SSSR count). The van der Waals surface area contributed by atoms with Crippen LogP contribution in [0.15, 0.2) is 91.0 Å². The number of methoxy groups -OCH3 is 1. The predicted molar refractivity (Wildman–Crippen MR) is 130 cm³/mol. The minimum atomic E-state index is -0.143. The van der Waals surface area contributed by atoms with Crippen molar-refractivity contribution < 1.29 is 14.3 Å². The van der Waals surface area contributed by atoms with Crippen LogP contribution in [0.4, 0.5) is 5.69 Å². The number of hydrogen-bond acceptors (Lipinski definition) is 4. The first-order valence-electron chi connectivity index (χ1n) is 10.7. The monoisotopic (exact) mass is 437 g/mol. The molecule has 4 aromatic carbocycles. The quantitative estimate of drug-likeness (QED) is 0.369. The SMILES string of the molecule is COc1ccc(NC(=O)Cn2c(COc3ccc4ccccc4c3)nc3ccccc32)cc1. The molecule has 6 nitrogen and oxygen atoms in total. The number of ether oxygens (including phenoxy) is 2. The predicted octanol–water partition coefficient (Wildman–Crippen LogP) is 5.42. The molecule has 0 atom stereocenters. The molecule has 5 aromatic rings. The smallest absolute Gasteiger partial charge is 0.244 e. The summed E-state index contributed by atoms with van der Waals surface area (Å²) < 4.78 is 13.1. The molecule has 0 saturated carbocycles. The van der Waals surface area contributed by atoms with Crippen molar-refractivity contribution >= 4 is 33.4 Å². The van der Waals surface area contributed by atoms with E-state index >= 15 is 0 Å². The molecule has 164 valence electrons. The van der Waals surface area contributed by atoms with E-state index in [0.717, 1.165) is 33.3 Å². The molecule has 0 fully saturated rings. The molecule has 1 heterocycles. The molecule has 0 aliphatic heterocycles. The maximum absolute atomic E-state index is 12.8. The zero-order chi connectivity index (χ0) is 22.6. The van der Waals surface area contributed by atoms with Crippen molar-refractivity contribution in [2.24, 2.45) is 0 Å². The number of anilines is 1. The first-order chi connectivity index (χ1) is 16.2. The van der Waals surface area contributed by atoms with Crippen molar-refractivity contribution in [2.75, 3.05) is 12.4 Å². The Balaban J connectivity index is 1.36. The van der Waals surface area contributed by atoms with Crippen molar-refractivity contribution in [1.82, 2.24) is 9.55 Å². The van der Waals surface area contributed by atoms with Crippen LogP contribution < -0.4 is 14.8 Å². The van der Waals surface area contributed by atoms with Gasteiger partial charge in [-0.15, -0.1) is 0 Å². The van der Waals surface area contributed by atoms with Crippen LogP contribution in [-0.2, 0) is 17.9 Å². The zero-order valence-electron chi connectivity index (χ0n) is 18.2. The second-order valence-corrected chi connectivity index (χ2v) is 7.68. The van der Waals surface area contributed by atoms with Crippen LogP contribution in [-0.4, -0.2) is 22.6 Å². The van der Waals surface area contributed by atoms with E-state index in [1.165, 1.54) is 0 Å². The standard InChI is InChI=1S/C27H23N3O3/c1-32-22-14-11-21(12-15-22)28-27(31)17-30-25-9-5-4-8-24(25)29-26(30)18-33-23-13-10-19-6-2-3-7-20(19)16-23/h2-16H,17-18H2,1H3,(H,28,31). The summed E-state index contributed by atoms with van der Waals surface area (Å²) in [6, 6.07) is 29.2. The number of imidazole rings is 1. The van der Waals surface area contributed by atoms with E-state index in [-0.39, 0.29) is 19.1 Å². The number of aromatic nitrogens is 2. The second-order valence-electron chi connectivity index (χ2n) is 7.68. The molecular weight excluding hydrogens is 414 g/mol. The highest BCUT2D eigenvalue weighted by Crippen LogP contribution is 2.23. The molecule has 0 aliphatic carbocycles. The van der Waals surface area contributed by atoms with Crippen LogP contribution >= 0.6 is 0 Å². The Bertz CT molecular complexity index is 1420. The third kappa shape index (κ3) is 4.50. The van der Waals surface area contributed by atoms with Crippen LogP contribution in [0.25, 0.3) is 21.8 Å². The van der Waals surface area contributed by atoms with Crippen LogP contribution in [0.3, 0.4) is 0 Å². The fourth-order valence-corrected chi connectivity index (χ4v) is 3.84. The van der Waals surface area contributed by atoms with Crippen molar-refractivity contribution in [2.45, 2.75) is 13.2 Å². The number of benzene rings is 4. The third-order valence-corrected chi connectivity index (χ3v) is 5.50. The van der Waals surface area contributed by atoms with E-state index in [4.69, 9.17) is 14.5 Å². The summed E-state index contributed by atoms with van der Waals surface area (Å²) in [5.74, 6) is 2.04. The van der Waals surface area contributed by atoms with Gasteiger partial charge >= 0.3 is 0 Å². The number of amides is 1. The van der Waals surface area contributed by atoms with Gasteiger partial charge in [-0.05, 0) is 59.3 Å². The van der Waals surface area contributed by atoms with E-state index in [9.17, 15) is 4.79 Å². The summed E-state index contributed by atoms with van der Waals surface area (Å²) in [5, 5.41) is 5.21. The number of nitrogens with one attached hydrogen (secondary N) is 1. The van der Waals surface area contributed by atoms with E-state index in [0.29, 0.717) is 11.5 Å². The van der Waals surface area contributed by atoms with Gasteiger partial charge in [0.15, 0.2) is 0 Å². The highest BCUT2D eigenvalue weighted by atomic mass is 16.5. The van der Waals surface area contributed by atoms with Gasteiger partial charge in [-0.25, -0.2) is 4.98 Å². The highest BCUT2D eigenvalue weighted by molar-refractivity contribution is 5.91. The number of fused-ring (bicyclic) bond motifs is 2. The largest absolute Gasteiger partial charge is 0.497 e. The minimum absolute atomic E-state index is 0.128. The summed E-state index contributed by atoms with van der Waals surface area (Å²) in [6.07, 6.45) is 0. The fourth-order valence-electron chi connectivity index (χ4n) is 3.84. The molecule has 1 N–H and O–H groups in total. The Morgan fingerprint density at radius 2 is 1.61 bits per heavy atom. The molecule has 1 amide bonds. The molecule has 0 saturated heterocycles. The van der Waals surface area contributed by atoms with Crippen molar-refractivity contribution in [1.29, 1.82) is 0 Å². The molecule has 0 spiro atoms. The fraction of sp³-hybridized carbons (Fsp3) is 0.111. The maximum atomic E-state index is 12.8. The van der Waals surface area contributed by atoms with Gasteiger partial charge < -0.3 is 19.4 Å². The highest BCUT2D eigenvalue weighted by Gasteiger charge is 2.14. The molecule has 0 unspecified atom stereocenters. The van der Waals surface area contributed by atoms with Gasteiger partial charge in [-0.2, -0.15) is 0 Å². The normalized spacial score (nSPS) is 10.9. The van der Waals surface area contributed by atoms with Crippen LogP contribution in [0.2, 0.25) is 0 Å². The molecule has 6 heteroatoms. The molecule has 33 heavy (non-hydrogen) atoms. The van der Waals surface area contributed by atoms with Crippen molar-refractivity contribution in [3.05, 3.63) is 96.8 Å². The Morgan fingerprint density at radius 1 is 0.879 bits per heavy atom. The van der Waals surface area contributed by atoms with Gasteiger partial charge in [0.25, 0.3) is 0 Å². The van der Waals surface area contributed by atoms with E-state index < -0.39 is 0 Å². The van der Waals surface area contributed by atoms with Gasteiger partial charge in [0.05, 0.1) is 18.1 Å². The molecule has 0 aliphatic rings. The summed E-state index contributed by atoms with van der Waals surface area (Å²) in [7, 11) is 1.61. The Labute approximate surface area is 191 Å². The number of carbonyl (C=O) groups is 1. The lowest BCUT2D eigenvalue weighted by atomic mass is 10.1. The van der Waals surface area contributed by atoms with Gasteiger partial charge in [-0.1, -0.05) is 42.5 Å². The van der Waals surface area contributed by atoms with Gasteiger partial charge in [0, 0.05) is 5.69 Å². The lowest BCUT2D eigenvalue weighted by molar-refractivity contribution is -0.116. The van der Waals surface area contributed by atoms with E-state index in [2.05, 4.69) is 17.4 Å². The molecule has 1 aromatic heterocycles. The van der Waals surface area contributed by atoms with Gasteiger partial charge in [-0.3, -0.25) is 4.79 Å². The summed E-state index contributed by atoms with van der Waals surface area (Å²) in [5.41, 5.74) is 2.42. The molecule has 0 radical (unpaired) electrons. The van der Waals surface area contributed by atoms with Gasteiger partial charge in [0.1, 0.15) is 30.5 Å². The van der Waals surface area contributed by atoms with Crippen molar-refractivity contribution in [3.8, 4) is 11.5 Å². The maximum Gasteiger partial charge on any atom is 0.244 e. The lowest BCUT2D eigenvalue weighted by Gasteiger charge is -2.12. The lowest BCUT2D eigenvalue weighted by Crippen LogP contribution is -2.20. The van der Waals surface area contributed by atoms with Crippen molar-refractivity contribution in [3.63, 3.8) is 0 Å². The first-order valence-corrected chi connectivity index (χ1v) is 10.7. The average molecular weight is 437 g/mol.